The quantitative estimate of drug-likeness (QED) is 0.569. The predicted octanol–water partition coefficient (Wildman–Crippen LogP) is 5.19. The second-order valence-corrected chi connectivity index (χ2v) is 6.83. The van der Waals surface area contributed by atoms with E-state index in [0.717, 1.165) is 5.56 Å². The number of rotatable bonds is 6. The van der Waals surface area contributed by atoms with Crippen LogP contribution in [0, 0.1) is 6.92 Å². The second-order valence-electron chi connectivity index (χ2n) is 6.40. The summed E-state index contributed by atoms with van der Waals surface area (Å²) < 4.78 is 10.9. The van der Waals surface area contributed by atoms with Crippen molar-refractivity contribution in [2.75, 3.05) is 12.4 Å². The number of benzene rings is 3. The number of amides is 1. The van der Waals surface area contributed by atoms with Crippen LogP contribution in [0.4, 0.5) is 5.69 Å². The minimum Gasteiger partial charge on any atom is -0.495 e. The monoisotopic (exact) mass is 409 g/mol. The average Bonchev–Trinajstić information content (AvgIpc) is 2.73. The van der Waals surface area contributed by atoms with Gasteiger partial charge in [0.25, 0.3) is 5.91 Å². The normalized spacial score (nSPS) is 11.4. The number of hydrogen-bond acceptors (Lipinski definition) is 4. The summed E-state index contributed by atoms with van der Waals surface area (Å²) in [5.41, 5.74) is 2.31. The maximum atomic E-state index is 13.0. The molecule has 3 aromatic carbocycles. The van der Waals surface area contributed by atoms with Crippen LogP contribution in [0.2, 0.25) is 5.02 Å². The van der Waals surface area contributed by atoms with Crippen LogP contribution >= 0.6 is 11.6 Å². The van der Waals surface area contributed by atoms with Crippen molar-refractivity contribution in [2.45, 2.75) is 13.0 Å². The summed E-state index contributed by atoms with van der Waals surface area (Å²) in [6.07, 6.45) is -1.13. The number of carbonyl (C=O) groups excluding carboxylic acids is 2. The van der Waals surface area contributed by atoms with Gasteiger partial charge in [-0.25, -0.2) is 4.79 Å². The van der Waals surface area contributed by atoms with Crippen LogP contribution in [0.15, 0.2) is 72.8 Å². The number of hydrogen-bond donors (Lipinski definition) is 1. The highest BCUT2D eigenvalue weighted by molar-refractivity contribution is 6.30. The number of esters is 1. The first-order valence-electron chi connectivity index (χ1n) is 8.95. The predicted molar refractivity (Wildman–Crippen MR) is 112 cm³/mol. The minimum absolute atomic E-state index is 0.302. The first kappa shape index (κ1) is 20.4. The van der Waals surface area contributed by atoms with Crippen molar-refractivity contribution in [2.24, 2.45) is 0 Å². The Morgan fingerprint density at radius 1 is 0.966 bits per heavy atom. The maximum absolute atomic E-state index is 13.0. The molecule has 0 saturated carbocycles. The topological polar surface area (TPSA) is 64.6 Å². The van der Waals surface area contributed by atoms with Crippen molar-refractivity contribution in [3.05, 3.63) is 94.5 Å². The Morgan fingerprint density at radius 3 is 2.31 bits per heavy atom. The first-order valence-corrected chi connectivity index (χ1v) is 9.32. The molecule has 1 N–H and O–H groups in total. The maximum Gasteiger partial charge on any atom is 0.339 e. The van der Waals surface area contributed by atoms with E-state index in [1.54, 1.807) is 60.7 Å². The highest BCUT2D eigenvalue weighted by Gasteiger charge is 2.26. The molecule has 0 spiro atoms. The van der Waals surface area contributed by atoms with Crippen molar-refractivity contribution in [1.29, 1.82) is 0 Å². The van der Waals surface area contributed by atoms with Crippen molar-refractivity contribution in [1.82, 2.24) is 0 Å². The lowest BCUT2D eigenvalue weighted by Gasteiger charge is -2.19. The molecular formula is C23H20ClNO4. The number of ether oxygens (including phenoxy) is 2. The van der Waals surface area contributed by atoms with Crippen LogP contribution in [0.5, 0.6) is 5.75 Å². The molecule has 0 bridgehead atoms. The van der Waals surface area contributed by atoms with Gasteiger partial charge >= 0.3 is 5.97 Å². The smallest absolute Gasteiger partial charge is 0.339 e. The third kappa shape index (κ3) is 5.15. The molecule has 0 radical (unpaired) electrons. The molecule has 6 heteroatoms. The van der Waals surface area contributed by atoms with Gasteiger partial charge < -0.3 is 14.8 Å². The Kier molecular flexibility index (Phi) is 6.52. The van der Waals surface area contributed by atoms with Gasteiger partial charge in [-0.2, -0.15) is 0 Å². The molecule has 0 saturated heterocycles. The molecule has 29 heavy (non-hydrogen) atoms. The first-order chi connectivity index (χ1) is 14.0. The van der Waals surface area contributed by atoms with Crippen molar-refractivity contribution in [3.8, 4) is 5.75 Å². The molecule has 0 aliphatic carbocycles. The molecular weight excluding hydrogens is 390 g/mol. The second kappa shape index (κ2) is 9.26. The van der Waals surface area contributed by atoms with Crippen molar-refractivity contribution < 1.29 is 19.1 Å². The highest BCUT2D eigenvalue weighted by Crippen LogP contribution is 2.28. The molecule has 0 heterocycles. The van der Waals surface area contributed by atoms with E-state index in [4.69, 9.17) is 21.1 Å². The minimum atomic E-state index is -1.13. The van der Waals surface area contributed by atoms with Crippen LogP contribution in [0.25, 0.3) is 0 Å². The van der Waals surface area contributed by atoms with Crippen molar-refractivity contribution >= 4 is 29.2 Å². The largest absolute Gasteiger partial charge is 0.495 e. The number of halogens is 1. The van der Waals surface area contributed by atoms with Crippen LogP contribution in [-0.2, 0) is 9.53 Å². The summed E-state index contributed by atoms with van der Waals surface area (Å²) in [7, 11) is 1.52. The number of methoxy groups -OCH3 is 1. The summed E-state index contributed by atoms with van der Waals surface area (Å²) in [5.74, 6) is -0.593. The van der Waals surface area contributed by atoms with E-state index < -0.39 is 18.0 Å². The molecule has 0 aromatic heterocycles. The third-order valence-corrected chi connectivity index (χ3v) is 4.51. The average molecular weight is 410 g/mol. The van der Waals surface area contributed by atoms with E-state index in [9.17, 15) is 9.59 Å². The van der Waals surface area contributed by atoms with Gasteiger partial charge in [-0.05, 0) is 48.9 Å². The summed E-state index contributed by atoms with van der Waals surface area (Å²) in [5, 5.41) is 3.31. The molecule has 1 amide bonds. The van der Waals surface area contributed by atoms with Crippen LogP contribution in [0.1, 0.15) is 27.6 Å². The molecule has 1 atom stereocenters. The zero-order valence-electron chi connectivity index (χ0n) is 16.0. The Bertz CT molecular complexity index is 1000. The van der Waals surface area contributed by atoms with Crippen LogP contribution < -0.4 is 10.1 Å². The van der Waals surface area contributed by atoms with Crippen molar-refractivity contribution in [3.63, 3.8) is 0 Å². The van der Waals surface area contributed by atoms with E-state index in [0.29, 0.717) is 27.6 Å². The zero-order chi connectivity index (χ0) is 20.8. The molecule has 3 aromatic rings. The molecule has 0 fully saturated rings. The molecule has 148 valence electrons. The number of anilines is 1. The fraction of sp³-hybridized carbons (Fsp3) is 0.130. The van der Waals surface area contributed by atoms with Gasteiger partial charge in [0, 0.05) is 10.6 Å². The Labute approximate surface area is 174 Å². The molecule has 5 nitrogen and oxygen atoms in total. The summed E-state index contributed by atoms with van der Waals surface area (Å²) in [6, 6.07) is 20.6. The van der Waals surface area contributed by atoms with E-state index in [2.05, 4.69) is 5.32 Å². The standard InChI is InChI=1S/C23H20ClNO4/c1-15-8-13-20(28-2)19(14-15)25-22(26)21(16-6-4-3-5-7-16)29-23(27)17-9-11-18(24)12-10-17/h3-14,21H,1-2H3,(H,25,26)/t21-/m1/s1. The zero-order valence-corrected chi connectivity index (χ0v) is 16.8. The summed E-state index contributed by atoms with van der Waals surface area (Å²) in [6.45, 7) is 1.91. The summed E-state index contributed by atoms with van der Waals surface area (Å²) >= 11 is 5.87. The number of carbonyl (C=O) groups is 2. The Morgan fingerprint density at radius 2 is 1.66 bits per heavy atom. The van der Waals surface area contributed by atoms with Gasteiger partial charge in [-0.3, -0.25) is 4.79 Å². The van der Waals surface area contributed by atoms with Crippen LogP contribution in [-0.4, -0.2) is 19.0 Å². The van der Waals surface area contributed by atoms with E-state index in [1.165, 1.54) is 7.11 Å². The summed E-state index contributed by atoms with van der Waals surface area (Å²) in [4.78, 5) is 25.7. The van der Waals surface area contributed by atoms with Gasteiger partial charge in [0.15, 0.2) is 0 Å². The molecule has 0 aliphatic heterocycles. The highest BCUT2D eigenvalue weighted by atomic mass is 35.5. The Balaban J connectivity index is 1.88. The molecule has 3 rings (SSSR count). The fourth-order valence-corrected chi connectivity index (χ4v) is 2.91. The van der Waals surface area contributed by atoms with E-state index >= 15 is 0 Å². The van der Waals surface area contributed by atoms with Crippen LogP contribution in [0.3, 0.4) is 0 Å². The fourth-order valence-electron chi connectivity index (χ4n) is 2.78. The van der Waals surface area contributed by atoms with Gasteiger partial charge in [0.05, 0.1) is 18.4 Å². The number of nitrogens with one attached hydrogen (secondary N) is 1. The SMILES string of the molecule is COc1ccc(C)cc1NC(=O)[C@H](OC(=O)c1ccc(Cl)cc1)c1ccccc1. The van der Waals surface area contributed by atoms with E-state index in [1.807, 2.05) is 19.1 Å². The lowest BCUT2D eigenvalue weighted by atomic mass is 10.1. The lowest BCUT2D eigenvalue weighted by Crippen LogP contribution is -2.26. The van der Waals surface area contributed by atoms with E-state index in [-0.39, 0.29) is 0 Å². The molecule has 0 unspecified atom stereocenters. The van der Waals surface area contributed by atoms with Gasteiger partial charge in [-0.15, -0.1) is 0 Å². The van der Waals surface area contributed by atoms with Gasteiger partial charge in [0.2, 0.25) is 6.10 Å². The molecule has 0 aliphatic rings. The van der Waals surface area contributed by atoms with Gasteiger partial charge in [0.1, 0.15) is 5.75 Å². The number of aryl methyl sites for hydroxylation is 1. The van der Waals surface area contributed by atoms with Gasteiger partial charge in [-0.1, -0.05) is 48.0 Å². The third-order valence-electron chi connectivity index (χ3n) is 4.26. The Hall–Kier alpha value is -3.31. The lowest BCUT2D eigenvalue weighted by molar-refractivity contribution is -0.125.